The molecule has 0 radical (unpaired) electrons. The first-order chi connectivity index (χ1) is 9.81. The van der Waals surface area contributed by atoms with Gasteiger partial charge in [-0.1, -0.05) is 6.07 Å². The summed E-state index contributed by atoms with van der Waals surface area (Å²) in [5, 5.41) is 2.58. The number of nitrogen functional groups attached to an aromatic ring is 1. The second-order valence-electron chi connectivity index (χ2n) is 4.28. The average molecular weight is 300 g/mol. The zero-order valence-electron chi connectivity index (χ0n) is 11.0. The van der Waals surface area contributed by atoms with E-state index in [4.69, 9.17) is 10.5 Å². The van der Waals surface area contributed by atoms with Gasteiger partial charge in [0.05, 0.1) is 24.0 Å². The van der Waals surface area contributed by atoms with Gasteiger partial charge in [0.1, 0.15) is 11.6 Å². The Morgan fingerprint density at radius 3 is 2.48 bits per heavy atom. The predicted octanol–water partition coefficient (Wildman–Crippen LogP) is 4.18. The summed E-state index contributed by atoms with van der Waals surface area (Å²) in [7, 11) is 1.36. The van der Waals surface area contributed by atoms with Crippen molar-refractivity contribution in [2.75, 3.05) is 18.2 Å². The smallest absolute Gasteiger partial charge is 0.416 e. The van der Waals surface area contributed by atoms with E-state index in [-0.39, 0.29) is 22.8 Å². The van der Waals surface area contributed by atoms with Gasteiger partial charge in [-0.05, 0) is 18.2 Å². The summed E-state index contributed by atoms with van der Waals surface area (Å²) >= 11 is 0. The summed E-state index contributed by atoms with van der Waals surface area (Å²) < 4.78 is 56.6. The van der Waals surface area contributed by atoms with E-state index >= 15 is 0 Å². The Balaban J connectivity index is 2.34. The fraction of sp³-hybridized carbons (Fsp3) is 0.143. The maximum absolute atomic E-state index is 13.8. The van der Waals surface area contributed by atoms with Crippen LogP contribution in [0.5, 0.6) is 5.75 Å². The summed E-state index contributed by atoms with van der Waals surface area (Å²) in [6.07, 6.45) is -4.46. The van der Waals surface area contributed by atoms with Gasteiger partial charge >= 0.3 is 6.18 Å². The highest BCUT2D eigenvalue weighted by Crippen LogP contribution is 2.33. The van der Waals surface area contributed by atoms with E-state index in [0.717, 1.165) is 18.2 Å². The Bertz CT molecular complexity index is 656. The lowest BCUT2D eigenvalue weighted by molar-refractivity contribution is -0.137. The Labute approximate surface area is 118 Å². The molecule has 0 saturated heterocycles. The van der Waals surface area contributed by atoms with Crippen molar-refractivity contribution in [1.82, 2.24) is 0 Å². The van der Waals surface area contributed by atoms with Crippen molar-refractivity contribution in [3.63, 3.8) is 0 Å². The Kier molecular flexibility index (Phi) is 3.93. The first kappa shape index (κ1) is 15.0. The summed E-state index contributed by atoms with van der Waals surface area (Å²) in [5.41, 5.74) is 4.89. The van der Waals surface area contributed by atoms with Crippen molar-refractivity contribution in [3.05, 3.63) is 47.8 Å². The molecular formula is C14H12F4N2O. The van der Waals surface area contributed by atoms with Crippen molar-refractivity contribution < 1.29 is 22.3 Å². The van der Waals surface area contributed by atoms with E-state index in [1.165, 1.54) is 25.3 Å². The molecule has 0 aliphatic rings. The van der Waals surface area contributed by atoms with Gasteiger partial charge in [-0.25, -0.2) is 4.39 Å². The van der Waals surface area contributed by atoms with Gasteiger partial charge in [0.25, 0.3) is 0 Å². The van der Waals surface area contributed by atoms with E-state index in [0.29, 0.717) is 0 Å². The minimum absolute atomic E-state index is 0.0274. The summed E-state index contributed by atoms with van der Waals surface area (Å²) in [6, 6.07) is 6.78. The van der Waals surface area contributed by atoms with Crippen molar-refractivity contribution in [3.8, 4) is 5.75 Å². The highest BCUT2D eigenvalue weighted by Gasteiger charge is 2.30. The number of rotatable bonds is 3. The zero-order chi connectivity index (χ0) is 15.6. The third-order valence-corrected chi connectivity index (χ3v) is 2.79. The predicted molar refractivity (Wildman–Crippen MR) is 72.1 cm³/mol. The number of alkyl halides is 3. The number of anilines is 3. The number of hydrogen-bond donors (Lipinski definition) is 2. The molecule has 21 heavy (non-hydrogen) atoms. The molecule has 0 amide bonds. The van der Waals surface area contributed by atoms with Crippen LogP contribution >= 0.6 is 0 Å². The molecule has 2 rings (SSSR count). The van der Waals surface area contributed by atoms with E-state index in [1.54, 1.807) is 0 Å². The number of halogens is 4. The molecule has 2 aromatic carbocycles. The van der Waals surface area contributed by atoms with Crippen LogP contribution in [0.15, 0.2) is 36.4 Å². The van der Waals surface area contributed by atoms with Crippen LogP contribution in [0.4, 0.5) is 34.6 Å². The molecule has 0 aliphatic carbocycles. The van der Waals surface area contributed by atoms with E-state index in [9.17, 15) is 17.6 Å². The molecule has 0 saturated carbocycles. The molecule has 7 heteroatoms. The molecule has 0 fully saturated rings. The molecule has 0 spiro atoms. The van der Waals surface area contributed by atoms with Gasteiger partial charge < -0.3 is 15.8 Å². The minimum atomic E-state index is -4.46. The van der Waals surface area contributed by atoms with Gasteiger partial charge in [-0.3, -0.25) is 0 Å². The third-order valence-electron chi connectivity index (χ3n) is 2.79. The minimum Gasteiger partial charge on any atom is -0.495 e. The number of hydrogen-bond acceptors (Lipinski definition) is 3. The number of nitrogens with two attached hydrogens (primary N) is 1. The van der Waals surface area contributed by atoms with Crippen LogP contribution in [0.3, 0.4) is 0 Å². The topological polar surface area (TPSA) is 47.3 Å². The maximum Gasteiger partial charge on any atom is 0.416 e. The highest BCUT2D eigenvalue weighted by atomic mass is 19.4. The molecule has 112 valence electrons. The molecule has 3 N–H and O–H groups in total. The van der Waals surface area contributed by atoms with Crippen LogP contribution in [0.2, 0.25) is 0 Å². The summed E-state index contributed by atoms with van der Waals surface area (Å²) in [4.78, 5) is 0. The highest BCUT2D eigenvalue weighted by molar-refractivity contribution is 5.67. The lowest BCUT2D eigenvalue weighted by Crippen LogP contribution is -2.05. The monoisotopic (exact) mass is 300 g/mol. The molecule has 0 heterocycles. The first-order valence-corrected chi connectivity index (χ1v) is 5.88. The van der Waals surface area contributed by atoms with Crippen LogP contribution in [-0.2, 0) is 6.18 Å². The molecule has 0 atom stereocenters. The van der Waals surface area contributed by atoms with Gasteiger partial charge in [0, 0.05) is 17.8 Å². The van der Waals surface area contributed by atoms with Crippen molar-refractivity contribution in [2.45, 2.75) is 6.18 Å². The Hall–Kier alpha value is -2.44. The standard InChI is InChI=1S/C14H12F4N2O/c1-21-13-7-12(10(15)6-11(13)19)20-9-4-2-3-8(5-9)14(16,17)18/h2-7,20H,19H2,1H3. The van der Waals surface area contributed by atoms with Crippen LogP contribution in [0.1, 0.15) is 5.56 Å². The molecule has 3 nitrogen and oxygen atoms in total. The second kappa shape index (κ2) is 5.51. The summed E-state index contributed by atoms with van der Waals surface area (Å²) in [6.45, 7) is 0. The SMILES string of the molecule is COc1cc(Nc2cccc(C(F)(F)F)c2)c(F)cc1N. The lowest BCUT2D eigenvalue weighted by atomic mass is 10.2. The van der Waals surface area contributed by atoms with Gasteiger partial charge in [0.15, 0.2) is 0 Å². The average Bonchev–Trinajstić information content (AvgIpc) is 2.41. The molecule has 0 aromatic heterocycles. The normalized spacial score (nSPS) is 11.3. The quantitative estimate of drug-likeness (QED) is 0.660. The zero-order valence-corrected chi connectivity index (χ0v) is 11.0. The fourth-order valence-electron chi connectivity index (χ4n) is 1.77. The maximum atomic E-state index is 13.8. The van der Waals surface area contributed by atoms with Gasteiger partial charge in [-0.15, -0.1) is 0 Å². The number of methoxy groups -OCH3 is 1. The van der Waals surface area contributed by atoms with Crippen molar-refractivity contribution >= 4 is 17.1 Å². The van der Waals surface area contributed by atoms with Crippen molar-refractivity contribution in [2.24, 2.45) is 0 Å². The molecule has 0 aliphatic heterocycles. The number of ether oxygens (including phenoxy) is 1. The molecule has 0 bridgehead atoms. The first-order valence-electron chi connectivity index (χ1n) is 5.88. The van der Waals surface area contributed by atoms with Crippen LogP contribution in [0.25, 0.3) is 0 Å². The van der Waals surface area contributed by atoms with Crippen LogP contribution < -0.4 is 15.8 Å². The van der Waals surface area contributed by atoms with Crippen LogP contribution in [-0.4, -0.2) is 7.11 Å². The van der Waals surface area contributed by atoms with E-state index in [2.05, 4.69) is 5.32 Å². The lowest BCUT2D eigenvalue weighted by Gasteiger charge is -2.13. The molecule has 0 unspecified atom stereocenters. The summed E-state index contributed by atoms with van der Waals surface area (Å²) in [5.74, 6) is -0.461. The van der Waals surface area contributed by atoms with Crippen molar-refractivity contribution in [1.29, 1.82) is 0 Å². The van der Waals surface area contributed by atoms with Gasteiger partial charge in [-0.2, -0.15) is 13.2 Å². The molecular weight excluding hydrogens is 288 g/mol. The Morgan fingerprint density at radius 2 is 1.86 bits per heavy atom. The van der Waals surface area contributed by atoms with Gasteiger partial charge in [0.2, 0.25) is 0 Å². The van der Waals surface area contributed by atoms with E-state index < -0.39 is 17.6 Å². The fourth-order valence-corrected chi connectivity index (χ4v) is 1.77. The number of nitrogens with one attached hydrogen (secondary N) is 1. The third kappa shape index (κ3) is 3.36. The second-order valence-corrected chi connectivity index (χ2v) is 4.28. The van der Waals surface area contributed by atoms with E-state index in [1.807, 2.05) is 0 Å². The molecule has 2 aromatic rings. The Morgan fingerprint density at radius 1 is 1.14 bits per heavy atom. The number of benzene rings is 2. The van der Waals surface area contributed by atoms with Crippen LogP contribution in [0, 0.1) is 5.82 Å². The largest absolute Gasteiger partial charge is 0.495 e.